The van der Waals surface area contributed by atoms with Gasteiger partial charge in [-0.25, -0.2) is 4.79 Å². The SMILES string of the molecule is C.Cc1ccc(COC(=O)N2CCC[C@@H]2C(N)=O)n2c(C(COCc3ccccc3)NC(=O)C(C)(C)N)nnc12. The van der Waals surface area contributed by atoms with Gasteiger partial charge in [0.2, 0.25) is 11.8 Å². The van der Waals surface area contributed by atoms with Crippen LogP contribution in [0.1, 0.15) is 62.8 Å². The van der Waals surface area contributed by atoms with E-state index in [9.17, 15) is 14.4 Å². The number of fused-ring (bicyclic) bond motifs is 1. The molecule has 1 aliphatic rings. The van der Waals surface area contributed by atoms with Crippen LogP contribution in [-0.4, -0.2) is 62.1 Å². The number of primary amides is 1. The fourth-order valence-corrected chi connectivity index (χ4v) is 4.44. The Morgan fingerprint density at radius 2 is 1.85 bits per heavy atom. The fourth-order valence-electron chi connectivity index (χ4n) is 4.44. The average molecular weight is 554 g/mol. The van der Waals surface area contributed by atoms with Gasteiger partial charge in [0, 0.05) is 6.54 Å². The van der Waals surface area contributed by atoms with Gasteiger partial charge in [-0.2, -0.15) is 0 Å². The number of hydrogen-bond acceptors (Lipinski definition) is 8. The standard InChI is InChI=1S/C27H35N7O5.CH4/c1-17-11-12-19(15-39-26(37)33-13-7-10-21(33)22(28)35)34-23(17)31-32-24(34)20(30-25(36)27(2,3)29)16-38-14-18-8-5-4-6-9-18;/h4-6,8-9,11-12,20-21H,7,10,13-16,29H2,1-3H3,(H2,28,35)(H,30,36);1H4/t20?,21-;/m1./s1. The van der Waals surface area contributed by atoms with E-state index < -0.39 is 29.6 Å². The lowest BCUT2D eigenvalue weighted by molar-refractivity contribution is -0.126. The molecule has 1 saturated heterocycles. The Morgan fingerprint density at radius 3 is 2.52 bits per heavy atom. The first-order valence-corrected chi connectivity index (χ1v) is 12.8. The predicted molar refractivity (Wildman–Crippen MR) is 149 cm³/mol. The van der Waals surface area contributed by atoms with Crippen molar-refractivity contribution < 1.29 is 23.9 Å². The summed E-state index contributed by atoms with van der Waals surface area (Å²) in [4.78, 5) is 38.7. The Balaban J connectivity index is 0.00000441. The van der Waals surface area contributed by atoms with Crippen LogP contribution in [0.3, 0.4) is 0 Å². The van der Waals surface area contributed by atoms with E-state index in [2.05, 4.69) is 15.5 Å². The maximum absolute atomic E-state index is 12.9. The van der Waals surface area contributed by atoms with Gasteiger partial charge in [0.15, 0.2) is 11.5 Å². The van der Waals surface area contributed by atoms with Crippen molar-refractivity contribution in [2.45, 2.75) is 71.9 Å². The van der Waals surface area contributed by atoms with Crippen LogP contribution in [0.4, 0.5) is 4.79 Å². The number of hydrogen-bond donors (Lipinski definition) is 3. The molecule has 3 heterocycles. The summed E-state index contributed by atoms with van der Waals surface area (Å²) in [7, 11) is 0. The highest BCUT2D eigenvalue weighted by Crippen LogP contribution is 2.22. The van der Waals surface area contributed by atoms with E-state index in [-0.39, 0.29) is 26.5 Å². The smallest absolute Gasteiger partial charge is 0.410 e. The largest absolute Gasteiger partial charge is 0.443 e. The molecule has 0 saturated carbocycles. The number of nitrogens with one attached hydrogen (secondary N) is 1. The van der Waals surface area contributed by atoms with Gasteiger partial charge < -0.3 is 26.3 Å². The number of likely N-dealkylation sites (tertiary alicyclic amines) is 1. The Morgan fingerprint density at radius 1 is 1.12 bits per heavy atom. The average Bonchev–Trinajstić information content (AvgIpc) is 3.56. The van der Waals surface area contributed by atoms with Crippen molar-refractivity contribution in [1.82, 2.24) is 24.8 Å². The van der Waals surface area contributed by atoms with Gasteiger partial charge in [0.05, 0.1) is 24.4 Å². The monoisotopic (exact) mass is 553 g/mol. The first-order chi connectivity index (χ1) is 18.6. The van der Waals surface area contributed by atoms with Crippen LogP contribution in [-0.2, 0) is 32.3 Å². The number of carbonyl (C=O) groups is 3. The summed E-state index contributed by atoms with van der Waals surface area (Å²) in [5, 5.41) is 11.7. The second-order valence-corrected chi connectivity index (χ2v) is 10.3. The van der Waals surface area contributed by atoms with Crippen LogP contribution in [0, 0.1) is 6.92 Å². The molecule has 5 N–H and O–H groups in total. The van der Waals surface area contributed by atoms with E-state index in [1.165, 1.54) is 4.90 Å². The second-order valence-electron chi connectivity index (χ2n) is 10.3. The number of nitrogens with zero attached hydrogens (tertiary/aromatic N) is 4. The Hall–Kier alpha value is -4.03. The van der Waals surface area contributed by atoms with Gasteiger partial charge in [-0.1, -0.05) is 43.8 Å². The Kier molecular flexibility index (Phi) is 9.83. The highest BCUT2D eigenvalue weighted by atomic mass is 16.6. The molecule has 1 fully saturated rings. The predicted octanol–water partition coefficient (Wildman–Crippen LogP) is 2.37. The van der Waals surface area contributed by atoms with E-state index in [1.54, 1.807) is 24.3 Å². The van der Waals surface area contributed by atoms with E-state index in [0.29, 0.717) is 43.2 Å². The zero-order valence-electron chi connectivity index (χ0n) is 22.4. The molecule has 4 rings (SSSR count). The molecule has 3 amide bonds. The molecule has 0 aliphatic carbocycles. The van der Waals surface area contributed by atoms with Crippen molar-refractivity contribution in [2.75, 3.05) is 13.2 Å². The number of benzene rings is 1. The van der Waals surface area contributed by atoms with Crippen LogP contribution in [0.25, 0.3) is 5.65 Å². The molecule has 12 heteroatoms. The lowest BCUT2D eigenvalue weighted by atomic mass is 10.1. The minimum Gasteiger partial charge on any atom is -0.443 e. The maximum atomic E-state index is 12.9. The molecular weight excluding hydrogens is 514 g/mol. The molecule has 0 radical (unpaired) electrons. The zero-order valence-corrected chi connectivity index (χ0v) is 22.4. The van der Waals surface area contributed by atoms with Crippen molar-refractivity contribution in [3.8, 4) is 0 Å². The van der Waals surface area contributed by atoms with E-state index in [1.807, 2.05) is 43.3 Å². The number of aryl methyl sites for hydroxylation is 1. The van der Waals surface area contributed by atoms with Gasteiger partial charge in [-0.15, -0.1) is 10.2 Å². The van der Waals surface area contributed by atoms with Gasteiger partial charge in [-0.05, 0) is 50.8 Å². The third kappa shape index (κ3) is 6.93. The molecule has 1 aliphatic heterocycles. The summed E-state index contributed by atoms with van der Waals surface area (Å²) in [5.74, 6) is -0.540. The summed E-state index contributed by atoms with van der Waals surface area (Å²) < 4.78 is 13.3. The number of aromatic nitrogens is 3. The summed E-state index contributed by atoms with van der Waals surface area (Å²) in [6, 6.07) is 11.9. The summed E-state index contributed by atoms with van der Waals surface area (Å²) in [5.41, 5.74) is 13.3. The molecule has 2 aromatic heterocycles. The van der Waals surface area contributed by atoms with Crippen LogP contribution in [0.5, 0.6) is 0 Å². The molecule has 0 spiro atoms. The molecule has 1 aromatic carbocycles. The molecular formula is C28H39N7O5. The maximum Gasteiger partial charge on any atom is 0.410 e. The molecule has 216 valence electrons. The van der Waals surface area contributed by atoms with Gasteiger partial charge in [0.1, 0.15) is 18.7 Å². The van der Waals surface area contributed by atoms with Crippen LogP contribution < -0.4 is 16.8 Å². The van der Waals surface area contributed by atoms with Crippen molar-refractivity contribution in [1.29, 1.82) is 0 Å². The van der Waals surface area contributed by atoms with E-state index >= 15 is 0 Å². The van der Waals surface area contributed by atoms with Gasteiger partial charge >= 0.3 is 6.09 Å². The molecule has 12 nitrogen and oxygen atoms in total. The molecule has 40 heavy (non-hydrogen) atoms. The lowest BCUT2D eigenvalue weighted by Crippen LogP contribution is -2.51. The van der Waals surface area contributed by atoms with Crippen molar-refractivity contribution in [3.05, 3.63) is 65.1 Å². The lowest BCUT2D eigenvalue weighted by Gasteiger charge is -2.24. The third-order valence-electron chi connectivity index (χ3n) is 6.61. The number of pyridine rings is 1. The normalized spacial score (nSPS) is 15.9. The molecule has 0 bridgehead atoms. The fraction of sp³-hybridized carbons (Fsp3) is 0.464. The minimum absolute atomic E-state index is 0. The summed E-state index contributed by atoms with van der Waals surface area (Å²) in [6.45, 7) is 5.81. The number of nitrogens with two attached hydrogens (primary N) is 2. The van der Waals surface area contributed by atoms with Crippen molar-refractivity contribution >= 4 is 23.6 Å². The molecule has 3 aromatic rings. The quantitative estimate of drug-likeness (QED) is 0.344. The van der Waals surface area contributed by atoms with Gasteiger partial charge in [0.25, 0.3) is 0 Å². The van der Waals surface area contributed by atoms with Crippen molar-refractivity contribution in [2.24, 2.45) is 11.5 Å². The van der Waals surface area contributed by atoms with Gasteiger partial charge in [-0.3, -0.25) is 18.9 Å². The van der Waals surface area contributed by atoms with Crippen molar-refractivity contribution in [3.63, 3.8) is 0 Å². The molecule has 1 unspecified atom stereocenters. The highest BCUT2D eigenvalue weighted by molar-refractivity contribution is 5.85. The number of ether oxygens (including phenoxy) is 2. The third-order valence-corrected chi connectivity index (χ3v) is 6.61. The highest BCUT2D eigenvalue weighted by Gasteiger charge is 2.34. The zero-order chi connectivity index (χ0) is 28.2. The van der Waals surface area contributed by atoms with Crippen LogP contribution in [0.15, 0.2) is 42.5 Å². The summed E-state index contributed by atoms with van der Waals surface area (Å²) in [6.07, 6.45) is 0.562. The second kappa shape index (κ2) is 12.9. The Labute approximate surface area is 234 Å². The topological polar surface area (TPSA) is 167 Å². The first kappa shape index (κ1) is 30.5. The van der Waals surface area contributed by atoms with Crippen LogP contribution in [0.2, 0.25) is 0 Å². The summed E-state index contributed by atoms with van der Waals surface area (Å²) >= 11 is 0. The number of amides is 3. The van der Waals surface area contributed by atoms with E-state index in [0.717, 1.165) is 11.1 Å². The first-order valence-electron chi connectivity index (χ1n) is 12.8. The van der Waals surface area contributed by atoms with Crippen LogP contribution >= 0.6 is 0 Å². The van der Waals surface area contributed by atoms with E-state index in [4.69, 9.17) is 20.9 Å². The number of rotatable bonds is 10. The molecule has 2 atom stereocenters. The number of carbonyl (C=O) groups excluding carboxylic acids is 3. The minimum atomic E-state index is -1.14. The Bertz CT molecular complexity index is 1340.